The maximum atomic E-state index is 11.8. The van der Waals surface area contributed by atoms with Crippen molar-refractivity contribution in [2.24, 2.45) is 5.41 Å². The molecule has 0 N–H and O–H groups in total. The Morgan fingerprint density at radius 3 is 2.70 bits per heavy atom. The van der Waals surface area contributed by atoms with Gasteiger partial charge in [0.05, 0.1) is 24.7 Å². The summed E-state index contributed by atoms with van der Waals surface area (Å²) < 4.78 is 18.3. The highest BCUT2D eigenvalue weighted by Crippen LogP contribution is 2.37. The molecule has 7 nitrogen and oxygen atoms in total. The first kappa shape index (κ1) is 20.1. The summed E-state index contributed by atoms with van der Waals surface area (Å²) in [5, 5.41) is 5.31. The molecule has 1 aliphatic heterocycles. The first-order chi connectivity index (χ1) is 12.9. The van der Waals surface area contributed by atoms with Gasteiger partial charge in [0.2, 0.25) is 0 Å². The number of carbonyl (C=O) groups is 1. The largest absolute Gasteiger partial charge is 0.462 e. The summed E-state index contributed by atoms with van der Waals surface area (Å²) in [6.07, 6.45) is 3.01. The van der Waals surface area contributed by atoms with Gasteiger partial charge in [-0.3, -0.25) is 4.79 Å². The first-order valence-electron chi connectivity index (χ1n) is 8.51. The van der Waals surface area contributed by atoms with Gasteiger partial charge in [-0.1, -0.05) is 36.2 Å². The van der Waals surface area contributed by atoms with E-state index in [4.69, 9.17) is 37.4 Å². The summed E-state index contributed by atoms with van der Waals surface area (Å²) in [5.74, 6) is -0.369. The Morgan fingerprint density at radius 2 is 2.11 bits per heavy atom. The Labute approximate surface area is 167 Å². The van der Waals surface area contributed by atoms with Crippen LogP contribution in [0.2, 0.25) is 10.0 Å². The number of nitrogens with zero attached hydrogens (tertiary/aromatic N) is 3. The molecule has 0 saturated carbocycles. The van der Waals surface area contributed by atoms with Crippen molar-refractivity contribution in [3.63, 3.8) is 0 Å². The van der Waals surface area contributed by atoms with Gasteiger partial charge in [0.15, 0.2) is 0 Å². The van der Waals surface area contributed by atoms with E-state index in [1.807, 2.05) is 13.0 Å². The third-order valence-corrected chi connectivity index (χ3v) is 5.19. The van der Waals surface area contributed by atoms with E-state index in [0.717, 1.165) is 5.56 Å². The maximum absolute atomic E-state index is 11.8. The monoisotopic (exact) mass is 413 g/mol. The summed E-state index contributed by atoms with van der Waals surface area (Å²) in [6.45, 7) is 4.44. The van der Waals surface area contributed by atoms with E-state index in [0.29, 0.717) is 29.7 Å². The summed E-state index contributed by atoms with van der Waals surface area (Å²) in [7, 11) is 0. The number of hydrogen-bond acceptors (Lipinski definition) is 6. The van der Waals surface area contributed by atoms with E-state index < -0.39 is 11.5 Å². The van der Waals surface area contributed by atoms with Crippen molar-refractivity contribution < 1.29 is 19.0 Å². The fourth-order valence-electron chi connectivity index (χ4n) is 3.24. The van der Waals surface area contributed by atoms with Crippen molar-refractivity contribution in [2.45, 2.75) is 32.4 Å². The molecule has 1 fully saturated rings. The number of rotatable bonds is 6. The number of benzene rings is 1. The Kier molecular flexibility index (Phi) is 6.37. The van der Waals surface area contributed by atoms with E-state index in [2.05, 4.69) is 10.1 Å². The average Bonchev–Trinajstić information content (AvgIpc) is 3.14. The van der Waals surface area contributed by atoms with E-state index >= 15 is 0 Å². The summed E-state index contributed by atoms with van der Waals surface area (Å²) in [4.78, 5) is 15.8. The van der Waals surface area contributed by atoms with E-state index in [1.54, 1.807) is 23.1 Å². The smallest absolute Gasteiger partial charge is 0.302 e. The molecule has 2 heterocycles. The molecular formula is C18H21Cl2N3O4. The molecule has 0 amide bonds. The van der Waals surface area contributed by atoms with Crippen LogP contribution in [-0.2, 0) is 19.0 Å². The highest BCUT2D eigenvalue weighted by molar-refractivity contribution is 6.35. The second-order valence-electron chi connectivity index (χ2n) is 6.86. The van der Waals surface area contributed by atoms with Gasteiger partial charge in [0.25, 0.3) is 0 Å². The number of esters is 1. The molecule has 27 heavy (non-hydrogen) atoms. The van der Waals surface area contributed by atoms with Gasteiger partial charge in [-0.15, -0.1) is 0 Å². The molecular weight excluding hydrogens is 393 g/mol. The molecule has 0 bridgehead atoms. The van der Waals surface area contributed by atoms with Gasteiger partial charge in [-0.2, -0.15) is 5.10 Å². The molecule has 146 valence electrons. The number of ether oxygens (including phenoxy) is 3. The van der Waals surface area contributed by atoms with Crippen LogP contribution in [0.15, 0.2) is 30.9 Å². The topological polar surface area (TPSA) is 75.5 Å². The fraction of sp³-hybridized carbons (Fsp3) is 0.500. The minimum atomic E-state index is -0.498. The Balaban J connectivity index is 1.96. The normalized spacial score (nSPS) is 18.7. The number of aromatic nitrogens is 3. The molecule has 2 atom stereocenters. The number of halogens is 2. The van der Waals surface area contributed by atoms with Crippen LogP contribution in [-0.4, -0.2) is 46.8 Å². The molecule has 1 aliphatic rings. The van der Waals surface area contributed by atoms with Gasteiger partial charge < -0.3 is 14.2 Å². The van der Waals surface area contributed by atoms with Crippen LogP contribution in [0.5, 0.6) is 0 Å². The Hall–Kier alpha value is -1.67. The molecule has 1 aromatic carbocycles. The summed E-state index contributed by atoms with van der Waals surface area (Å²) in [5.41, 5.74) is 0.312. The summed E-state index contributed by atoms with van der Waals surface area (Å²) >= 11 is 12.5. The SMILES string of the molecule is CC(=O)OC(CC(c1ccc(Cl)cc1Cl)n1cncn1)C1(C)COCOC1. The third kappa shape index (κ3) is 4.79. The Morgan fingerprint density at radius 1 is 1.37 bits per heavy atom. The van der Waals surface area contributed by atoms with Crippen molar-refractivity contribution >= 4 is 29.2 Å². The van der Waals surface area contributed by atoms with Crippen LogP contribution in [0, 0.1) is 5.41 Å². The lowest BCUT2D eigenvalue weighted by Crippen LogP contribution is -2.47. The van der Waals surface area contributed by atoms with Gasteiger partial charge in [0, 0.05) is 23.4 Å². The van der Waals surface area contributed by atoms with E-state index in [-0.39, 0.29) is 18.8 Å². The van der Waals surface area contributed by atoms with Gasteiger partial charge in [-0.25, -0.2) is 9.67 Å². The van der Waals surface area contributed by atoms with Crippen LogP contribution < -0.4 is 0 Å². The molecule has 1 aromatic heterocycles. The predicted octanol–water partition coefficient (Wildman–Crippen LogP) is 3.51. The zero-order valence-corrected chi connectivity index (χ0v) is 16.6. The maximum Gasteiger partial charge on any atom is 0.302 e. The lowest BCUT2D eigenvalue weighted by molar-refractivity contribution is -0.202. The standard InChI is InChI=1S/C18H21Cl2N3O4/c1-12(24)27-17(18(2)7-25-11-26-8-18)6-16(23-10-21-9-22-23)14-4-3-13(19)5-15(14)20/h3-5,9-10,16-17H,6-8,11H2,1-2H3. The zero-order chi connectivity index (χ0) is 19.4. The minimum absolute atomic E-state index is 0.234. The first-order valence-corrected chi connectivity index (χ1v) is 9.26. The lowest BCUT2D eigenvalue weighted by Gasteiger charge is -2.40. The molecule has 0 radical (unpaired) electrons. The van der Waals surface area contributed by atoms with Crippen LogP contribution >= 0.6 is 23.2 Å². The van der Waals surface area contributed by atoms with E-state index in [9.17, 15) is 4.79 Å². The van der Waals surface area contributed by atoms with Crippen LogP contribution in [0.4, 0.5) is 0 Å². The molecule has 3 rings (SSSR count). The van der Waals surface area contributed by atoms with Gasteiger partial charge in [-0.05, 0) is 17.7 Å². The molecule has 2 aromatic rings. The summed E-state index contributed by atoms with van der Waals surface area (Å²) in [6, 6.07) is 4.98. The predicted molar refractivity (Wildman–Crippen MR) is 99.7 cm³/mol. The highest BCUT2D eigenvalue weighted by atomic mass is 35.5. The molecule has 0 spiro atoms. The lowest BCUT2D eigenvalue weighted by atomic mass is 9.81. The number of carbonyl (C=O) groups excluding carboxylic acids is 1. The molecule has 0 aliphatic carbocycles. The second-order valence-corrected chi connectivity index (χ2v) is 7.70. The van der Waals surface area contributed by atoms with E-state index in [1.165, 1.54) is 13.3 Å². The van der Waals surface area contributed by atoms with Crippen molar-refractivity contribution in [2.75, 3.05) is 20.0 Å². The van der Waals surface area contributed by atoms with Crippen LogP contribution in [0.1, 0.15) is 31.9 Å². The molecule has 1 saturated heterocycles. The zero-order valence-electron chi connectivity index (χ0n) is 15.1. The minimum Gasteiger partial charge on any atom is -0.462 e. The average molecular weight is 414 g/mol. The number of hydrogen-bond donors (Lipinski definition) is 0. The Bertz CT molecular complexity index is 779. The third-order valence-electron chi connectivity index (χ3n) is 4.63. The quantitative estimate of drug-likeness (QED) is 0.674. The van der Waals surface area contributed by atoms with Crippen LogP contribution in [0.3, 0.4) is 0 Å². The van der Waals surface area contributed by atoms with Crippen molar-refractivity contribution in [1.29, 1.82) is 0 Å². The highest BCUT2D eigenvalue weighted by Gasteiger charge is 2.41. The van der Waals surface area contributed by atoms with Crippen molar-refractivity contribution in [3.8, 4) is 0 Å². The van der Waals surface area contributed by atoms with Crippen molar-refractivity contribution in [1.82, 2.24) is 14.8 Å². The van der Waals surface area contributed by atoms with Gasteiger partial charge in [0.1, 0.15) is 25.6 Å². The molecule has 2 unspecified atom stereocenters. The second kappa shape index (κ2) is 8.56. The van der Waals surface area contributed by atoms with Gasteiger partial charge >= 0.3 is 5.97 Å². The van der Waals surface area contributed by atoms with Crippen LogP contribution in [0.25, 0.3) is 0 Å². The molecule has 9 heteroatoms. The van der Waals surface area contributed by atoms with Crippen molar-refractivity contribution in [3.05, 3.63) is 46.5 Å². The fourth-order valence-corrected chi connectivity index (χ4v) is 3.78.